The van der Waals surface area contributed by atoms with Crippen molar-refractivity contribution < 1.29 is 0 Å². The first-order valence-corrected chi connectivity index (χ1v) is 7.60. The first-order valence-electron chi connectivity index (χ1n) is 7.60. The van der Waals surface area contributed by atoms with Crippen molar-refractivity contribution in [3.05, 3.63) is 71.2 Å². The maximum absolute atomic E-state index is 8.93. The average Bonchev–Trinajstić information content (AvgIpc) is 3.20. The molecule has 5 heteroatoms. The smallest absolute Gasteiger partial charge is 0.133 e. The number of nitrogens with zero attached hydrogens (tertiary/aromatic N) is 4. The van der Waals surface area contributed by atoms with E-state index in [1.807, 2.05) is 53.3 Å². The topological polar surface area (TPSA) is 66.5 Å². The summed E-state index contributed by atoms with van der Waals surface area (Å²) in [7, 11) is 0. The Labute approximate surface area is 134 Å². The van der Waals surface area contributed by atoms with Gasteiger partial charge in [-0.15, -0.1) is 0 Å². The number of nitrogens with one attached hydrogen (secondary N) is 1. The van der Waals surface area contributed by atoms with Crippen LogP contribution in [0.15, 0.2) is 48.7 Å². The van der Waals surface area contributed by atoms with E-state index in [9.17, 15) is 0 Å². The molecular weight excluding hydrogens is 286 g/mol. The number of rotatable bonds is 3. The van der Waals surface area contributed by atoms with E-state index in [0.29, 0.717) is 5.56 Å². The first-order chi connectivity index (χ1) is 11.3. The van der Waals surface area contributed by atoms with E-state index in [2.05, 4.69) is 16.4 Å². The van der Waals surface area contributed by atoms with E-state index < -0.39 is 0 Å². The van der Waals surface area contributed by atoms with Crippen molar-refractivity contribution >= 4 is 5.82 Å². The lowest BCUT2D eigenvalue weighted by Gasteiger charge is -2.06. The van der Waals surface area contributed by atoms with Crippen molar-refractivity contribution in [2.24, 2.45) is 0 Å². The lowest BCUT2D eigenvalue weighted by atomic mass is 10.1. The summed E-state index contributed by atoms with van der Waals surface area (Å²) in [5, 5.41) is 17.1. The third kappa shape index (κ3) is 2.44. The van der Waals surface area contributed by atoms with Crippen LogP contribution < -0.4 is 5.32 Å². The highest BCUT2D eigenvalue weighted by Gasteiger charge is 2.23. The summed E-state index contributed by atoms with van der Waals surface area (Å²) in [6, 6.07) is 15.6. The third-order valence-corrected chi connectivity index (χ3v) is 4.05. The summed E-state index contributed by atoms with van der Waals surface area (Å²) in [6.07, 6.45) is 3.52. The second kappa shape index (κ2) is 5.58. The fourth-order valence-electron chi connectivity index (χ4n) is 2.93. The molecule has 0 radical (unpaired) electrons. The van der Waals surface area contributed by atoms with E-state index in [-0.39, 0.29) is 0 Å². The standard InChI is InChI=1S/C18H15N5/c19-12-13-4-6-15(7-5-13)23-18-16(8-10-21-18)17(22-23)11-14-3-1-2-9-20-14/h1-7,9,21H,8,10-11H2. The number of hydrogen-bond donors (Lipinski definition) is 1. The van der Waals surface area contributed by atoms with Crippen molar-refractivity contribution in [1.29, 1.82) is 5.26 Å². The van der Waals surface area contributed by atoms with Gasteiger partial charge in [-0.05, 0) is 42.8 Å². The van der Waals surface area contributed by atoms with Crippen LogP contribution in [0.4, 0.5) is 5.82 Å². The molecule has 0 aliphatic carbocycles. The summed E-state index contributed by atoms with van der Waals surface area (Å²) in [5.41, 5.74) is 4.96. The fourth-order valence-corrected chi connectivity index (χ4v) is 2.93. The summed E-state index contributed by atoms with van der Waals surface area (Å²) < 4.78 is 1.93. The normalized spacial score (nSPS) is 12.5. The van der Waals surface area contributed by atoms with Crippen LogP contribution >= 0.6 is 0 Å². The minimum atomic E-state index is 0.652. The maximum Gasteiger partial charge on any atom is 0.133 e. The number of fused-ring (bicyclic) bond motifs is 1. The molecule has 0 fully saturated rings. The molecule has 0 amide bonds. The largest absolute Gasteiger partial charge is 0.369 e. The van der Waals surface area contributed by atoms with Crippen molar-refractivity contribution in [2.75, 3.05) is 11.9 Å². The Bertz CT molecular complexity index is 872. The Balaban J connectivity index is 1.74. The highest BCUT2D eigenvalue weighted by molar-refractivity contribution is 5.58. The van der Waals surface area contributed by atoms with Gasteiger partial charge >= 0.3 is 0 Å². The van der Waals surface area contributed by atoms with E-state index >= 15 is 0 Å². The van der Waals surface area contributed by atoms with Crippen molar-refractivity contribution in [2.45, 2.75) is 12.8 Å². The Morgan fingerprint density at radius 1 is 1.17 bits per heavy atom. The third-order valence-electron chi connectivity index (χ3n) is 4.05. The molecule has 2 aromatic heterocycles. The molecule has 0 spiro atoms. The second-order valence-electron chi connectivity index (χ2n) is 5.52. The summed E-state index contributed by atoms with van der Waals surface area (Å²) in [6.45, 7) is 0.929. The lowest BCUT2D eigenvalue weighted by molar-refractivity contribution is 0.834. The zero-order valence-electron chi connectivity index (χ0n) is 12.5. The van der Waals surface area contributed by atoms with Crippen LogP contribution in [0.2, 0.25) is 0 Å². The molecule has 1 aliphatic rings. The Morgan fingerprint density at radius 2 is 2.04 bits per heavy atom. The average molecular weight is 301 g/mol. The zero-order chi connectivity index (χ0) is 15.6. The van der Waals surface area contributed by atoms with Gasteiger partial charge in [-0.1, -0.05) is 6.07 Å². The fraction of sp³-hybridized carbons (Fsp3) is 0.167. The van der Waals surface area contributed by atoms with Crippen LogP contribution in [0.1, 0.15) is 22.5 Å². The van der Waals surface area contributed by atoms with Crippen molar-refractivity contribution in [3.8, 4) is 11.8 Å². The Hall–Kier alpha value is -3.13. The van der Waals surface area contributed by atoms with Gasteiger partial charge in [0, 0.05) is 30.4 Å². The van der Waals surface area contributed by atoms with Crippen molar-refractivity contribution in [3.63, 3.8) is 0 Å². The molecule has 5 nitrogen and oxygen atoms in total. The minimum Gasteiger partial charge on any atom is -0.369 e. The van der Waals surface area contributed by atoms with Gasteiger partial charge in [-0.25, -0.2) is 4.68 Å². The molecule has 0 saturated carbocycles. The molecule has 112 valence electrons. The Morgan fingerprint density at radius 3 is 2.78 bits per heavy atom. The van der Waals surface area contributed by atoms with Crippen LogP contribution in [0, 0.1) is 11.3 Å². The maximum atomic E-state index is 8.93. The number of pyridine rings is 1. The van der Waals surface area contributed by atoms with Gasteiger partial charge in [-0.3, -0.25) is 4.98 Å². The van der Waals surface area contributed by atoms with Crippen LogP contribution in [0.3, 0.4) is 0 Å². The van der Waals surface area contributed by atoms with Crippen molar-refractivity contribution in [1.82, 2.24) is 14.8 Å². The zero-order valence-corrected chi connectivity index (χ0v) is 12.5. The molecule has 0 saturated heterocycles. The van der Waals surface area contributed by atoms with Gasteiger partial charge in [0.15, 0.2) is 0 Å². The highest BCUT2D eigenvalue weighted by Crippen LogP contribution is 2.29. The monoisotopic (exact) mass is 301 g/mol. The highest BCUT2D eigenvalue weighted by atomic mass is 15.3. The number of anilines is 1. The Kier molecular flexibility index (Phi) is 3.28. The molecule has 1 aromatic carbocycles. The molecule has 4 rings (SSSR count). The molecule has 1 aliphatic heterocycles. The molecule has 1 N–H and O–H groups in total. The van der Waals surface area contributed by atoms with Gasteiger partial charge in [0.1, 0.15) is 5.82 Å². The molecule has 23 heavy (non-hydrogen) atoms. The first kappa shape index (κ1) is 13.5. The number of benzene rings is 1. The van der Waals surface area contributed by atoms with E-state index in [1.54, 1.807) is 0 Å². The molecular formula is C18H15N5. The molecule has 0 atom stereocenters. The minimum absolute atomic E-state index is 0.652. The van der Waals surface area contributed by atoms with E-state index in [1.165, 1.54) is 5.56 Å². The number of nitriles is 1. The van der Waals surface area contributed by atoms with E-state index in [0.717, 1.165) is 42.3 Å². The van der Waals surface area contributed by atoms with Gasteiger partial charge in [-0.2, -0.15) is 10.4 Å². The van der Waals surface area contributed by atoms with Gasteiger partial charge in [0.05, 0.1) is 23.0 Å². The van der Waals surface area contributed by atoms with Crippen LogP contribution in [-0.4, -0.2) is 21.3 Å². The second-order valence-corrected chi connectivity index (χ2v) is 5.52. The molecule has 3 aromatic rings. The quantitative estimate of drug-likeness (QED) is 0.807. The van der Waals surface area contributed by atoms with E-state index in [4.69, 9.17) is 10.4 Å². The van der Waals surface area contributed by atoms with Gasteiger partial charge in [0.2, 0.25) is 0 Å². The summed E-state index contributed by atoms with van der Waals surface area (Å²) >= 11 is 0. The van der Waals surface area contributed by atoms with Gasteiger partial charge in [0.25, 0.3) is 0 Å². The molecule has 3 heterocycles. The van der Waals surface area contributed by atoms with Crippen LogP contribution in [-0.2, 0) is 12.8 Å². The lowest BCUT2D eigenvalue weighted by Crippen LogP contribution is -2.05. The molecule has 0 bridgehead atoms. The van der Waals surface area contributed by atoms with Gasteiger partial charge < -0.3 is 5.32 Å². The predicted molar refractivity (Wildman–Crippen MR) is 87.5 cm³/mol. The predicted octanol–water partition coefficient (Wildman–Crippen LogP) is 2.70. The number of hydrogen-bond acceptors (Lipinski definition) is 4. The number of aromatic nitrogens is 3. The molecule has 0 unspecified atom stereocenters. The van der Waals surface area contributed by atoms with Crippen LogP contribution in [0.25, 0.3) is 5.69 Å². The summed E-state index contributed by atoms with van der Waals surface area (Å²) in [4.78, 5) is 4.40. The summed E-state index contributed by atoms with van der Waals surface area (Å²) in [5.74, 6) is 1.06. The van der Waals surface area contributed by atoms with Crippen LogP contribution in [0.5, 0.6) is 0 Å². The SMILES string of the molecule is N#Cc1ccc(-n2nc(Cc3ccccn3)c3c2NCC3)cc1.